The van der Waals surface area contributed by atoms with Crippen LogP contribution in [0.2, 0.25) is 0 Å². The van der Waals surface area contributed by atoms with Gasteiger partial charge in [-0.3, -0.25) is 0 Å². The summed E-state index contributed by atoms with van der Waals surface area (Å²) < 4.78 is 5.79. The van der Waals surface area contributed by atoms with E-state index in [1.165, 1.54) is 23.8 Å². The predicted octanol–water partition coefficient (Wildman–Crippen LogP) is 2.45. The molecular weight excluding hydrogens is 348 g/mol. The van der Waals surface area contributed by atoms with Crippen molar-refractivity contribution < 1.29 is 19.4 Å². The van der Waals surface area contributed by atoms with Crippen molar-refractivity contribution in [1.29, 1.82) is 0 Å². The fourth-order valence-corrected chi connectivity index (χ4v) is 3.25. The van der Waals surface area contributed by atoms with Gasteiger partial charge < -0.3 is 20.1 Å². The average Bonchev–Trinajstić information content (AvgIpc) is 2.90. The third-order valence-corrected chi connectivity index (χ3v) is 4.55. The Kier molecular flexibility index (Phi) is 4.77. The third-order valence-electron chi connectivity index (χ3n) is 2.84. The maximum absolute atomic E-state index is 12.2. The number of aliphatic carboxylic acids is 1. The monoisotopic (exact) mass is 360 g/mol. The molecule has 0 unspecified atom stereocenters. The second kappa shape index (κ2) is 6.36. The quantitative estimate of drug-likeness (QED) is 0.865. The summed E-state index contributed by atoms with van der Waals surface area (Å²) in [5.74, 6) is 0.385. The average molecular weight is 361 g/mol. The van der Waals surface area contributed by atoms with E-state index in [-0.39, 0.29) is 0 Å². The molecule has 1 fully saturated rings. The zero-order valence-corrected chi connectivity index (χ0v) is 13.0. The van der Waals surface area contributed by atoms with Crippen LogP contribution in [0.15, 0.2) is 22.7 Å². The maximum atomic E-state index is 12.2. The number of hydrogen-bond acceptors (Lipinski definition) is 4. The van der Waals surface area contributed by atoms with Crippen molar-refractivity contribution in [2.45, 2.75) is 6.04 Å². The van der Waals surface area contributed by atoms with Crippen LogP contribution in [0, 0.1) is 0 Å². The minimum Gasteiger partial charge on any atom is -0.497 e. The fourth-order valence-electron chi connectivity index (χ4n) is 1.76. The smallest absolute Gasteiger partial charge is 0.327 e. The van der Waals surface area contributed by atoms with Crippen molar-refractivity contribution in [1.82, 2.24) is 4.90 Å². The first-order valence-corrected chi connectivity index (χ1v) is 7.69. The number of carboxylic acids is 1. The van der Waals surface area contributed by atoms with Crippen LogP contribution < -0.4 is 10.1 Å². The number of hydrogen-bond donors (Lipinski definition) is 2. The number of methoxy groups -OCH3 is 1. The van der Waals surface area contributed by atoms with Gasteiger partial charge in [-0.25, -0.2) is 9.59 Å². The Bertz CT molecular complexity index is 540. The first-order valence-electron chi connectivity index (χ1n) is 5.74. The summed E-state index contributed by atoms with van der Waals surface area (Å²) in [4.78, 5) is 24.5. The second-order valence-corrected chi connectivity index (χ2v) is 5.95. The Hall–Kier alpha value is -1.41. The predicted molar refractivity (Wildman–Crippen MR) is 80.3 cm³/mol. The number of carboxylic acid groups (broad SMARTS) is 1. The van der Waals surface area contributed by atoms with Gasteiger partial charge >= 0.3 is 12.0 Å². The first kappa shape index (κ1) is 15.0. The van der Waals surface area contributed by atoms with Gasteiger partial charge in [-0.2, -0.15) is 0 Å². The molecule has 0 aromatic heterocycles. The standard InChI is InChI=1S/C12H13BrN2O4S/c1-19-7-2-3-8(13)9(4-7)14-12(18)15-6-20-5-10(15)11(16)17/h2-4,10H,5-6H2,1H3,(H,14,18)(H,16,17)/t10-/m0/s1. The highest BCUT2D eigenvalue weighted by Crippen LogP contribution is 2.28. The van der Waals surface area contributed by atoms with Crippen LogP contribution in [0.4, 0.5) is 10.5 Å². The molecule has 8 heteroatoms. The lowest BCUT2D eigenvalue weighted by Gasteiger charge is -2.21. The topological polar surface area (TPSA) is 78.9 Å². The van der Waals surface area contributed by atoms with E-state index in [1.807, 2.05) is 0 Å². The number of rotatable bonds is 3. The van der Waals surface area contributed by atoms with E-state index in [1.54, 1.807) is 18.2 Å². The molecule has 0 aliphatic carbocycles. The third kappa shape index (κ3) is 3.18. The Labute approximate surface area is 128 Å². The Morgan fingerprint density at radius 3 is 2.95 bits per heavy atom. The molecule has 2 rings (SSSR count). The SMILES string of the molecule is COc1ccc(Br)c(NC(=O)N2CSC[C@H]2C(=O)O)c1. The van der Waals surface area contributed by atoms with Crippen LogP contribution in [0.25, 0.3) is 0 Å². The molecule has 1 aliphatic rings. The molecule has 1 saturated heterocycles. The summed E-state index contributed by atoms with van der Waals surface area (Å²) >= 11 is 4.75. The van der Waals surface area contributed by atoms with Crippen LogP contribution in [0.5, 0.6) is 5.75 Å². The van der Waals surface area contributed by atoms with E-state index in [9.17, 15) is 9.59 Å². The number of halogens is 1. The van der Waals surface area contributed by atoms with Crippen molar-refractivity contribution in [2.75, 3.05) is 24.1 Å². The summed E-state index contributed by atoms with van der Waals surface area (Å²) in [5.41, 5.74) is 0.537. The zero-order chi connectivity index (χ0) is 14.7. The number of urea groups is 1. The molecule has 0 radical (unpaired) electrons. The molecule has 6 nitrogen and oxygen atoms in total. The van der Waals surface area contributed by atoms with E-state index in [0.29, 0.717) is 27.5 Å². The van der Waals surface area contributed by atoms with E-state index in [0.717, 1.165) is 0 Å². The normalized spacial score (nSPS) is 17.9. The summed E-state index contributed by atoms with van der Waals surface area (Å²) in [7, 11) is 1.53. The second-order valence-electron chi connectivity index (χ2n) is 4.10. The van der Waals surface area contributed by atoms with Gasteiger partial charge in [0.1, 0.15) is 11.8 Å². The zero-order valence-electron chi connectivity index (χ0n) is 10.6. The van der Waals surface area contributed by atoms with Crippen LogP contribution >= 0.6 is 27.7 Å². The van der Waals surface area contributed by atoms with Crippen molar-refractivity contribution in [3.63, 3.8) is 0 Å². The van der Waals surface area contributed by atoms with Crippen molar-refractivity contribution in [3.05, 3.63) is 22.7 Å². The lowest BCUT2D eigenvalue weighted by Crippen LogP contribution is -2.44. The van der Waals surface area contributed by atoms with Crippen molar-refractivity contribution >= 4 is 45.4 Å². The van der Waals surface area contributed by atoms with Crippen LogP contribution in [-0.2, 0) is 4.79 Å². The largest absolute Gasteiger partial charge is 0.497 e. The number of ether oxygens (including phenoxy) is 1. The summed E-state index contributed by atoms with van der Waals surface area (Å²) in [6.07, 6.45) is 0. The van der Waals surface area contributed by atoms with Gasteiger partial charge in [-0.1, -0.05) is 0 Å². The number of thioether (sulfide) groups is 1. The summed E-state index contributed by atoms with van der Waals surface area (Å²) in [6, 6.07) is 3.95. The molecular formula is C12H13BrN2O4S. The van der Waals surface area contributed by atoms with Gasteiger partial charge in [0.15, 0.2) is 0 Å². The number of benzene rings is 1. The molecule has 20 heavy (non-hydrogen) atoms. The van der Waals surface area contributed by atoms with Crippen molar-refractivity contribution in [3.8, 4) is 5.75 Å². The molecule has 0 saturated carbocycles. The van der Waals surface area contributed by atoms with Gasteiger partial charge in [0.05, 0.1) is 18.7 Å². The minimum absolute atomic E-state index is 0.365. The summed E-state index contributed by atoms with van der Waals surface area (Å²) in [5, 5.41) is 11.8. The Morgan fingerprint density at radius 1 is 1.55 bits per heavy atom. The van der Waals surface area contributed by atoms with Gasteiger partial charge in [0.25, 0.3) is 0 Å². The number of carbonyl (C=O) groups excluding carboxylic acids is 1. The van der Waals surface area contributed by atoms with Gasteiger partial charge in [-0.05, 0) is 28.1 Å². The number of nitrogens with zero attached hydrogens (tertiary/aromatic N) is 1. The fraction of sp³-hybridized carbons (Fsp3) is 0.333. The number of carbonyl (C=O) groups is 2. The highest BCUT2D eigenvalue weighted by Gasteiger charge is 2.34. The van der Waals surface area contributed by atoms with Crippen LogP contribution in [0.3, 0.4) is 0 Å². The van der Waals surface area contributed by atoms with Crippen molar-refractivity contribution in [2.24, 2.45) is 0 Å². The highest BCUT2D eigenvalue weighted by molar-refractivity contribution is 9.10. The van der Waals surface area contributed by atoms with Gasteiger partial charge in [0, 0.05) is 16.3 Å². The molecule has 1 aromatic carbocycles. The first-order chi connectivity index (χ1) is 9.52. The van der Waals surface area contributed by atoms with E-state index in [2.05, 4.69) is 21.2 Å². The van der Waals surface area contributed by atoms with E-state index in [4.69, 9.17) is 9.84 Å². The molecule has 1 heterocycles. The number of anilines is 1. The molecule has 1 aromatic rings. The van der Waals surface area contributed by atoms with E-state index >= 15 is 0 Å². The number of amides is 2. The van der Waals surface area contributed by atoms with Gasteiger partial charge in [-0.15, -0.1) is 11.8 Å². The Morgan fingerprint density at radius 2 is 2.30 bits per heavy atom. The molecule has 0 bridgehead atoms. The lowest BCUT2D eigenvalue weighted by atomic mass is 10.3. The summed E-state index contributed by atoms with van der Waals surface area (Å²) in [6.45, 7) is 0. The molecule has 1 aliphatic heterocycles. The molecule has 0 spiro atoms. The van der Waals surface area contributed by atoms with Crippen LogP contribution in [-0.4, -0.2) is 46.8 Å². The van der Waals surface area contributed by atoms with E-state index < -0.39 is 18.0 Å². The maximum Gasteiger partial charge on any atom is 0.327 e. The lowest BCUT2D eigenvalue weighted by molar-refractivity contribution is -0.140. The Balaban J connectivity index is 2.13. The van der Waals surface area contributed by atoms with Gasteiger partial charge in [0.2, 0.25) is 0 Å². The number of nitrogens with one attached hydrogen (secondary N) is 1. The molecule has 2 N–H and O–H groups in total. The molecule has 1 atom stereocenters. The molecule has 108 valence electrons. The minimum atomic E-state index is -0.991. The molecule has 2 amide bonds. The van der Waals surface area contributed by atoms with Crippen LogP contribution in [0.1, 0.15) is 0 Å². The highest BCUT2D eigenvalue weighted by atomic mass is 79.9.